The standard InChI is InChI=1S/C31H35BrN4O4/c1-7-28(38)34-14-23(15-34)33-27(37)16-35-20(5)29(26-13-22(32)10-17(2)30(26)35)31(39)36-18(3)11-21-12-24(40-6)8-9-25(21)19(36)4/h7-10,12-13,18-19,23H,1,11,14-16H2,2-6H3,(H,33,37)/t18-,19+/m0/s1. The maximum Gasteiger partial charge on any atom is 0.257 e. The van der Waals surface area contributed by atoms with Crippen molar-refractivity contribution < 1.29 is 19.1 Å². The van der Waals surface area contributed by atoms with Gasteiger partial charge in [-0.25, -0.2) is 0 Å². The second-order valence-corrected chi connectivity index (χ2v) is 11.8. The van der Waals surface area contributed by atoms with Gasteiger partial charge in [0.05, 0.1) is 30.3 Å². The summed E-state index contributed by atoms with van der Waals surface area (Å²) in [5.41, 5.74) is 5.54. The van der Waals surface area contributed by atoms with Gasteiger partial charge in [0, 0.05) is 34.7 Å². The number of carbonyl (C=O) groups is 3. The minimum Gasteiger partial charge on any atom is -0.497 e. The summed E-state index contributed by atoms with van der Waals surface area (Å²) in [4.78, 5) is 42.9. The van der Waals surface area contributed by atoms with Crippen molar-refractivity contribution in [1.82, 2.24) is 19.7 Å². The first-order valence-electron chi connectivity index (χ1n) is 13.5. The van der Waals surface area contributed by atoms with E-state index in [4.69, 9.17) is 4.74 Å². The zero-order chi connectivity index (χ0) is 28.9. The van der Waals surface area contributed by atoms with Crippen LogP contribution in [0.1, 0.15) is 52.6 Å². The summed E-state index contributed by atoms with van der Waals surface area (Å²) in [6.07, 6.45) is 2.02. The van der Waals surface area contributed by atoms with Crippen molar-refractivity contribution in [2.24, 2.45) is 0 Å². The molecule has 1 N–H and O–H groups in total. The number of amides is 3. The number of hydrogen-bond donors (Lipinski definition) is 1. The van der Waals surface area contributed by atoms with Gasteiger partial charge in [-0.1, -0.05) is 28.6 Å². The van der Waals surface area contributed by atoms with Crippen molar-refractivity contribution in [2.45, 2.75) is 58.8 Å². The SMILES string of the molecule is C=CC(=O)N1CC(NC(=O)Cn2c(C)c(C(=O)N3[C@H](C)c4ccc(OC)cc4C[C@@H]3C)c3cc(Br)cc(C)c32)C1. The molecule has 3 heterocycles. The number of fused-ring (bicyclic) bond motifs is 2. The van der Waals surface area contributed by atoms with Crippen LogP contribution in [0.25, 0.3) is 10.9 Å². The highest BCUT2D eigenvalue weighted by molar-refractivity contribution is 9.10. The smallest absolute Gasteiger partial charge is 0.257 e. The summed E-state index contributed by atoms with van der Waals surface area (Å²) in [5.74, 6) is 0.486. The molecule has 2 atom stereocenters. The van der Waals surface area contributed by atoms with Crippen LogP contribution in [0, 0.1) is 13.8 Å². The number of rotatable bonds is 6. The predicted molar refractivity (Wildman–Crippen MR) is 159 cm³/mol. The molecule has 3 amide bonds. The van der Waals surface area contributed by atoms with Gasteiger partial charge in [0.25, 0.3) is 5.91 Å². The van der Waals surface area contributed by atoms with Gasteiger partial charge in [-0.15, -0.1) is 0 Å². The third-order valence-electron chi connectivity index (χ3n) is 8.26. The molecule has 9 heteroatoms. The number of likely N-dealkylation sites (tertiary alicyclic amines) is 1. The quantitative estimate of drug-likeness (QED) is 0.413. The molecule has 0 spiro atoms. The molecule has 0 radical (unpaired) electrons. The van der Waals surface area contributed by atoms with E-state index in [1.165, 1.54) is 11.6 Å². The first-order chi connectivity index (χ1) is 19.0. The fraction of sp³-hybridized carbons (Fsp3) is 0.387. The van der Waals surface area contributed by atoms with Crippen LogP contribution in [0.3, 0.4) is 0 Å². The molecule has 1 fully saturated rings. The third-order valence-corrected chi connectivity index (χ3v) is 8.72. The molecule has 1 aromatic heterocycles. The van der Waals surface area contributed by atoms with Gasteiger partial charge in [0.15, 0.2) is 0 Å². The van der Waals surface area contributed by atoms with Gasteiger partial charge < -0.3 is 24.4 Å². The Hall–Kier alpha value is -3.59. The Morgan fingerprint density at radius 1 is 1.15 bits per heavy atom. The number of halogens is 1. The Kier molecular flexibility index (Phi) is 7.52. The highest BCUT2D eigenvalue weighted by Gasteiger charge is 2.36. The highest BCUT2D eigenvalue weighted by Crippen LogP contribution is 2.39. The Labute approximate surface area is 243 Å². The van der Waals surface area contributed by atoms with Crippen molar-refractivity contribution in [3.8, 4) is 5.75 Å². The van der Waals surface area contributed by atoms with E-state index >= 15 is 0 Å². The highest BCUT2D eigenvalue weighted by atomic mass is 79.9. The largest absolute Gasteiger partial charge is 0.497 e. The number of carbonyl (C=O) groups excluding carboxylic acids is 3. The average molecular weight is 608 g/mol. The molecule has 0 aliphatic carbocycles. The van der Waals surface area contributed by atoms with Crippen LogP contribution in [-0.2, 0) is 22.6 Å². The summed E-state index contributed by atoms with van der Waals surface area (Å²) in [6, 6.07) is 9.81. The first kappa shape index (κ1) is 28.0. The molecule has 2 aromatic carbocycles. The van der Waals surface area contributed by atoms with Gasteiger partial charge in [0.2, 0.25) is 11.8 Å². The lowest BCUT2D eigenvalue weighted by Crippen LogP contribution is -2.61. The lowest BCUT2D eigenvalue weighted by atomic mass is 9.88. The first-order valence-corrected chi connectivity index (χ1v) is 14.3. The minimum absolute atomic E-state index is 0.0173. The fourth-order valence-electron chi connectivity index (χ4n) is 6.29. The van der Waals surface area contributed by atoms with Crippen LogP contribution in [0.4, 0.5) is 0 Å². The molecule has 40 heavy (non-hydrogen) atoms. The van der Waals surface area contributed by atoms with Gasteiger partial charge in [0.1, 0.15) is 12.3 Å². The van der Waals surface area contributed by atoms with Crippen LogP contribution in [0.5, 0.6) is 5.75 Å². The molecule has 1 saturated heterocycles. The third kappa shape index (κ3) is 4.80. The van der Waals surface area contributed by atoms with E-state index in [2.05, 4.69) is 53.8 Å². The van der Waals surface area contributed by atoms with Crippen LogP contribution in [-0.4, -0.2) is 64.4 Å². The van der Waals surface area contributed by atoms with Crippen molar-refractivity contribution >= 4 is 44.6 Å². The predicted octanol–water partition coefficient (Wildman–Crippen LogP) is 4.69. The van der Waals surface area contributed by atoms with Crippen LogP contribution in [0.15, 0.2) is 47.5 Å². The second kappa shape index (κ2) is 10.8. The van der Waals surface area contributed by atoms with Gasteiger partial charge >= 0.3 is 0 Å². The number of nitrogens with zero attached hydrogens (tertiary/aromatic N) is 3. The molecule has 8 nitrogen and oxygen atoms in total. The van der Waals surface area contributed by atoms with Gasteiger partial charge in [-0.05, 0) is 81.1 Å². The van der Waals surface area contributed by atoms with Crippen molar-refractivity contribution in [3.05, 3.63) is 75.4 Å². The Morgan fingerprint density at radius 2 is 1.88 bits per heavy atom. The van der Waals surface area contributed by atoms with E-state index in [0.717, 1.165) is 44.4 Å². The van der Waals surface area contributed by atoms with Crippen molar-refractivity contribution in [1.29, 1.82) is 0 Å². The average Bonchev–Trinajstić information content (AvgIpc) is 3.15. The number of aromatic nitrogens is 1. The Bertz CT molecular complexity index is 1540. The second-order valence-electron chi connectivity index (χ2n) is 10.9. The van der Waals surface area contributed by atoms with Crippen LogP contribution < -0.4 is 10.1 Å². The molecule has 0 unspecified atom stereocenters. The minimum atomic E-state index is -0.153. The summed E-state index contributed by atoms with van der Waals surface area (Å²) in [7, 11) is 1.66. The summed E-state index contributed by atoms with van der Waals surface area (Å²) >= 11 is 3.61. The number of aryl methyl sites for hydroxylation is 1. The molecule has 5 rings (SSSR count). The zero-order valence-electron chi connectivity index (χ0n) is 23.6. The number of benzene rings is 2. The molecule has 2 aliphatic heterocycles. The molecule has 210 valence electrons. The Morgan fingerprint density at radius 3 is 2.55 bits per heavy atom. The van der Waals surface area contributed by atoms with E-state index in [0.29, 0.717) is 18.7 Å². The number of ether oxygens (including phenoxy) is 1. The Balaban J connectivity index is 1.47. The lowest BCUT2D eigenvalue weighted by molar-refractivity contribution is -0.133. The molecule has 2 aliphatic rings. The maximum atomic E-state index is 14.4. The molecular formula is C31H35BrN4O4. The zero-order valence-corrected chi connectivity index (χ0v) is 25.2. The van der Waals surface area contributed by atoms with Gasteiger partial charge in [-0.3, -0.25) is 14.4 Å². The van der Waals surface area contributed by atoms with Crippen LogP contribution in [0.2, 0.25) is 0 Å². The number of nitrogens with one attached hydrogen (secondary N) is 1. The van der Waals surface area contributed by atoms with Gasteiger partial charge in [-0.2, -0.15) is 0 Å². The number of methoxy groups -OCH3 is 1. The van der Waals surface area contributed by atoms with Crippen LogP contribution >= 0.6 is 15.9 Å². The van der Waals surface area contributed by atoms with E-state index < -0.39 is 0 Å². The van der Waals surface area contributed by atoms with E-state index in [9.17, 15) is 14.4 Å². The van der Waals surface area contributed by atoms with E-state index in [1.54, 1.807) is 12.0 Å². The van der Waals surface area contributed by atoms with Crippen molar-refractivity contribution in [2.75, 3.05) is 20.2 Å². The fourth-order valence-corrected chi connectivity index (χ4v) is 6.86. The number of hydrogen-bond acceptors (Lipinski definition) is 4. The normalized spacial score (nSPS) is 18.8. The lowest BCUT2D eigenvalue weighted by Gasteiger charge is -2.40. The summed E-state index contributed by atoms with van der Waals surface area (Å²) in [5, 5.41) is 3.86. The molecular weight excluding hydrogens is 572 g/mol. The van der Waals surface area contributed by atoms with E-state index in [-0.39, 0.29) is 42.4 Å². The maximum absolute atomic E-state index is 14.4. The van der Waals surface area contributed by atoms with E-state index in [1.807, 2.05) is 41.5 Å². The monoisotopic (exact) mass is 606 g/mol. The summed E-state index contributed by atoms with van der Waals surface area (Å²) < 4.78 is 8.26. The molecule has 0 bridgehead atoms. The topological polar surface area (TPSA) is 83.9 Å². The van der Waals surface area contributed by atoms with Crippen molar-refractivity contribution in [3.63, 3.8) is 0 Å². The molecule has 0 saturated carbocycles. The summed E-state index contributed by atoms with van der Waals surface area (Å²) in [6.45, 7) is 12.6. The molecule has 3 aromatic rings.